The Morgan fingerprint density at radius 1 is 1.13 bits per heavy atom. The third kappa shape index (κ3) is 4.32. The molecule has 8 nitrogen and oxygen atoms in total. The fourth-order valence-corrected chi connectivity index (χ4v) is 3.12. The van der Waals surface area contributed by atoms with Crippen molar-refractivity contribution >= 4 is 17.6 Å². The zero-order chi connectivity index (χ0) is 22.0. The number of benzene rings is 1. The molecule has 2 N–H and O–H groups in total. The summed E-state index contributed by atoms with van der Waals surface area (Å²) in [4.78, 5) is 27.9. The molecule has 156 valence electrons. The van der Waals surface area contributed by atoms with E-state index in [4.69, 9.17) is 9.15 Å². The topological polar surface area (TPSA) is 107 Å². The van der Waals surface area contributed by atoms with Crippen molar-refractivity contribution in [3.05, 3.63) is 84.2 Å². The number of aryl methyl sites for hydroxylation is 2. The van der Waals surface area contributed by atoms with Crippen LogP contribution in [0.2, 0.25) is 0 Å². The summed E-state index contributed by atoms with van der Waals surface area (Å²) >= 11 is 0. The predicted octanol–water partition coefficient (Wildman–Crippen LogP) is 4.73. The van der Waals surface area contributed by atoms with E-state index in [0.29, 0.717) is 28.4 Å². The van der Waals surface area contributed by atoms with E-state index in [1.165, 1.54) is 10.8 Å². The van der Waals surface area contributed by atoms with Crippen molar-refractivity contribution in [2.24, 2.45) is 7.05 Å². The number of rotatable bonds is 6. The number of pyridine rings is 1. The Kier molecular flexibility index (Phi) is 5.28. The van der Waals surface area contributed by atoms with Gasteiger partial charge in [0.2, 0.25) is 0 Å². The molecule has 0 bridgehead atoms. The molecular weight excluding hydrogens is 398 g/mol. The van der Waals surface area contributed by atoms with E-state index in [9.17, 15) is 14.7 Å². The molecule has 3 heterocycles. The molecule has 31 heavy (non-hydrogen) atoms. The van der Waals surface area contributed by atoms with E-state index in [-0.39, 0.29) is 17.4 Å². The minimum atomic E-state index is -1.01. The summed E-state index contributed by atoms with van der Waals surface area (Å²) in [5, 5.41) is 12.0. The molecule has 0 aliphatic carbocycles. The maximum absolute atomic E-state index is 12.3. The van der Waals surface area contributed by atoms with Gasteiger partial charge < -0.3 is 24.1 Å². The number of carboxylic acid groups (broad SMARTS) is 1. The molecule has 8 heteroatoms. The number of aromatic nitrogens is 2. The van der Waals surface area contributed by atoms with E-state index in [0.717, 1.165) is 5.56 Å². The standard InChI is InChI=1S/C23H19N3O5/c1-14-7-9-30-21(14)22(27)25-16-4-3-5-17(11-16)31-18-6-8-24-19(12-18)15-10-20(23(28)29)26(2)13-15/h3-13H,1-2H3,(H,25,27)(H,28,29). The SMILES string of the molecule is Cc1ccoc1C(=O)Nc1cccc(Oc2ccnc(-c3cc(C(=O)O)n(C)c3)c2)c1. The second-order valence-electron chi connectivity index (χ2n) is 6.92. The van der Waals surface area contributed by atoms with Gasteiger partial charge in [-0.15, -0.1) is 0 Å². The molecule has 0 saturated carbocycles. The van der Waals surface area contributed by atoms with Crippen molar-refractivity contribution < 1.29 is 23.8 Å². The van der Waals surface area contributed by atoms with Gasteiger partial charge in [0.05, 0.1) is 12.0 Å². The molecule has 0 fully saturated rings. The average molecular weight is 417 g/mol. The van der Waals surface area contributed by atoms with Gasteiger partial charge in [-0.3, -0.25) is 9.78 Å². The number of aromatic carboxylic acids is 1. The number of hydrogen-bond acceptors (Lipinski definition) is 5. The maximum Gasteiger partial charge on any atom is 0.352 e. The van der Waals surface area contributed by atoms with Crippen molar-refractivity contribution in [2.75, 3.05) is 5.32 Å². The number of furan rings is 1. The van der Waals surface area contributed by atoms with E-state index < -0.39 is 5.97 Å². The van der Waals surface area contributed by atoms with Crippen LogP contribution in [0.15, 0.2) is 71.6 Å². The average Bonchev–Trinajstić information content (AvgIpc) is 3.34. The Morgan fingerprint density at radius 3 is 2.65 bits per heavy atom. The largest absolute Gasteiger partial charge is 0.477 e. The molecule has 0 unspecified atom stereocenters. The molecule has 4 aromatic rings. The highest BCUT2D eigenvalue weighted by molar-refractivity contribution is 6.03. The molecule has 1 amide bonds. The molecular formula is C23H19N3O5. The lowest BCUT2D eigenvalue weighted by Gasteiger charge is -2.09. The number of hydrogen-bond donors (Lipinski definition) is 2. The number of nitrogens with zero attached hydrogens (tertiary/aromatic N) is 2. The molecule has 4 rings (SSSR count). The van der Waals surface area contributed by atoms with Crippen LogP contribution in [0.5, 0.6) is 11.5 Å². The van der Waals surface area contributed by atoms with Gasteiger partial charge in [-0.05, 0) is 37.3 Å². The Labute approximate surface area is 177 Å². The highest BCUT2D eigenvalue weighted by atomic mass is 16.5. The van der Waals surface area contributed by atoms with Crippen molar-refractivity contribution in [1.82, 2.24) is 9.55 Å². The molecule has 0 radical (unpaired) electrons. The molecule has 3 aromatic heterocycles. The minimum absolute atomic E-state index is 0.165. The summed E-state index contributed by atoms with van der Waals surface area (Å²) in [6.45, 7) is 1.80. The summed E-state index contributed by atoms with van der Waals surface area (Å²) in [5.74, 6) is -0.0518. The first kappa shape index (κ1) is 20.0. The Hall–Kier alpha value is -4.33. The van der Waals surface area contributed by atoms with Gasteiger partial charge in [-0.2, -0.15) is 0 Å². The fraction of sp³-hybridized carbons (Fsp3) is 0.0870. The fourth-order valence-electron chi connectivity index (χ4n) is 3.12. The second kappa shape index (κ2) is 8.19. The first-order valence-electron chi connectivity index (χ1n) is 9.40. The summed E-state index contributed by atoms with van der Waals surface area (Å²) in [6.07, 6.45) is 4.75. The van der Waals surface area contributed by atoms with Gasteiger partial charge in [0.1, 0.15) is 17.2 Å². The predicted molar refractivity (Wildman–Crippen MR) is 114 cm³/mol. The monoisotopic (exact) mass is 417 g/mol. The van der Waals surface area contributed by atoms with Crippen molar-refractivity contribution in [3.63, 3.8) is 0 Å². The lowest BCUT2D eigenvalue weighted by molar-refractivity contribution is 0.0686. The molecule has 0 saturated heterocycles. The smallest absolute Gasteiger partial charge is 0.352 e. The van der Waals surface area contributed by atoms with Gasteiger partial charge in [-0.25, -0.2) is 4.79 Å². The zero-order valence-electron chi connectivity index (χ0n) is 16.8. The van der Waals surface area contributed by atoms with Gasteiger partial charge in [0.25, 0.3) is 5.91 Å². The number of carbonyl (C=O) groups excluding carboxylic acids is 1. The van der Waals surface area contributed by atoms with E-state index in [1.54, 1.807) is 74.9 Å². The normalized spacial score (nSPS) is 10.6. The summed E-state index contributed by atoms with van der Waals surface area (Å²) in [7, 11) is 1.66. The van der Waals surface area contributed by atoms with Crippen LogP contribution in [0.3, 0.4) is 0 Å². The number of anilines is 1. The third-order valence-corrected chi connectivity index (χ3v) is 4.65. The maximum atomic E-state index is 12.3. The third-order valence-electron chi connectivity index (χ3n) is 4.65. The quantitative estimate of drug-likeness (QED) is 0.470. The highest BCUT2D eigenvalue weighted by Crippen LogP contribution is 2.28. The number of carboxylic acids is 1. The molecule has 0 aliphatic rings. The van der Waals surface area contributed by atoms with Gasteiger partial charge >= 0.3 is 5.97 Å². The van der Waals surface area contributed by atoms with Gasteiger partial charge in [-0.1, -0.05) is 6.07 Å². The lowest BCUT2D eigenvalue weighted by atomic mass is 10.2. The van der Waals surface area contributed by atoms with Crippen LogP contribution in [0.25, 0.3) is 11.3 Å². The van der Waals surface area contributed by atoms with Crippen molar-refractivity contribution in [1.29, 1.82) is 0 Å². The number of ether oxygens (including phenoxy) is 1. The van der Waals surface area contributed by atoms with Crippen LogP contribution in [-0.4, -0.2) is 26.5 Å². The number of nitrogens with one attached hydrogen (secondary N) is 1. The Balaban J connectivity index is 1.52. The summed E-state index contributed by atoms with van der Waals surface area (Å²) in [5.41, 5.74) is 2.72. The van der Waals surface area contributed by atoms with Crippen molar-refractivity contribution in [3.8, 4) is 22.8 Å². The second-order valence-corrected chi connectivity index (χ2v) is 6.92. The van der Waals surface area contributed by atoms with Crippen LogP contribution in [-0.2, 0) is 7.05 Å². The molecule has 0 spiro atoms. The Bertz CT molecular complexity index is 1270. The van der Waals surface area contributed by atoms with Gasteiger partial charge in [0, 0.05) is 48.4 Å². The molecule has 0 atom stereocenters. The highest BCUT2D eigenvalue weighted by Gasteiger charge is 2.14. The number of amides is 1. The van der Waals surface area contributed by atoms with Crippen molar-refractivity contribution in [2.45, 2.75) is 6.92 Å². The van der Waals surface area contributed by atoms with Crippen LogP contribution in [0.1, 0.15) is 26.6 Å². The zero-order valence-corrected chi connectivity index (χ0v) is 16.8. The van der Waals surface area contributed by atoms with Gasteiger partial charge in [0.15, 0.2) is 5.76 Å². The van der Waals surface area contributed by atoms with Crippen LogP contribution < -0.4 is 10.1 Å². The first-order chi connectivity index (χ1) is 14.9. The summed E-state index contributed by atoms with van der Waals surface area (Å²) < 4.78 is 12.7. The van der Waals surface area contributed by atoms with E-state index in [2.05, 4.69) is 10.3 Å². The van der Waals surface area contributed by atoms with Crippen LogP contribution in [0, 0.1) is 6.92 Å². The van der Waals surface area contributed by atoms with E-state index in [1.807, 2.05) is 0 Å². The Morgan fingerprint density at radius 2 is 1.94 bits per heavy atom. The first-order valence-corrected chi connectivity index (χ1v) is 9.40. The molecule has 0 aliphatic heterocycles. The lowest BCUT2D eigenvalue weighted by Crippen LogP contribution is -2.12. The number of carbonyl (C=O) groups is 2. The summed E-state index contributed by atoms with van der Waals surface area (Å²) in [6, 6.07) is 13.7. The minimum Gasteiger partial charge on any atom is -0.477 e. The van der Waals surface area contributed by atoms with E-state index >= 15 is 0 Å². The van der Waals surface area contributed by atoms with Crippen LogP contribution in [0.4, 0.5) is 5.69 Å². The van der Waals surface area contributed by atoms with Crippen LogP contribution >= 0.6 is 0 Å². The molecule has 1 aromatic carbocycles.